The van der Waals surface area contributed by atoms with E-state index < -0.39 is 0 Å². The summed E-state index contributed by atoms with van der Waals surface area (Å²) in [5.74, 6) is 0.0646. The van der Waals surface area contributed by atoms with Gasteiger partial charge in [-0.1, -0.05) is 12.1 Å². The molecule has 17 heavy (non-hydrogen) atoms. The number of benzene rings is 1. The van der Waals surface area contributed by atoms with Gasteiger partial charge in [-0.25, -0.2) is 0 Å². The van der Waals surface area contributed by atoms with Crippen LogP contribution in [-0.4, -0.2) is 30.5 Å². The van der Waals surface area contributed by atoms with E-state index in [0.717, 1.165) is 5.56 Å². The van der Waals surface area contributed by atoms with Crippen molar-refractivity contribution in [3.8, 4) is 6.07 Å². The zero-order valence-electron chi connectivity index (χ0n) is 9.72. The minimum atomic E-state index is -0.124. The number of hydrogen-bond donors (Lipinski definition) is 0. The molecule has 0 radical (unpaired) electrons. The molecule has 0 N–H and O–H groups in total. The second-order valence-electron chi connectivity index (χ2n) is 4.06. The third-order valence-electron chi connectivity index (χ3n) is 2.90. The third-order valence-corrected chi connectivity index (χ3v) is 2.90. The molecule has 1 aromatic rings. The van der Waals surface area contributed by atoms with E-state index in [-0.39, 0.29) is 12.0 Å². The van der Waals surface area contributed by atoms with Crippen LogP contribution in [-0.2, 0) is 9.53 Å². The van der Waals surface area contributed by atoms with Crippen molar-refractivity contribution in [2.24, 2.45) is 0 Å². The summed E-state index contributed by atoms with van der Waals surface area (Å²) >= 11 is 0. The van der Waals surface area contributed by atoms with Crippen molar-refractivity contribution in [3.63, 3.8) is 0 Å². The van der Waals surface area contributed by atoms with Gasteiger partial charge in [0.05, 0.1) is 24.8 Å². The number of hydrogen-bond acceptors (Lipinski definition) is 3. The summed E-state index contributed by atoms with van der Waals surface area (Å²) in [6.45, 7) is 3.31. The predicted molar refractivity (Wildman–Crippen MR) is 62.1 cm³/mol. The van der Waals surface area contributed by atoms with Gasteiger partial charge in [0.15, 0.2) is 0 Å². The Labute approximate surface area is 100 Å². The fraction of sp³-hybridized carbons (Fsp3) is 0.385. The van der Waals surface area contributed by atoms with Crippen LogP contribution in [0.15, 0.2) is 24.3 Å². The number of nitriles is 1. The number of rotatable bonds is 1. The van der Waals surface area contributed by atoms with Gasteiger partial charge in [-0.3, -0.25) is 4.79 Å². The van der Waals surface area contributed by atoms with Gasteiger partial charge in [-0.15, -0.1) is 0 Å². The second kappa shape index (κ2) is 4.98. The largest absolute Gasteiger partial charge is 0.370 e. The summed E-state index contributed by atoms with van der Waals surface area (Å²) in [6, 6.07) is 9.44. The minimum absolute atomic E-state index is 0.0646. The van der Waals surface area contributed by atoms with E-state index in [1.807, 2.05) is 18.2 Å². The van der Waals surface area contributed by atoms with Crippen molar-refractivity contribution in [1.29, 1.82) is 5.26 Å². The predicted octanol–water partition coefficient (Wildman–Crippen LogP) is 1.48. The minimum Gasteiger partial charge on any atom is -0.370 e. The summed E-state index contributed by atoms with van der Waals surface area (Å²) in [5, 5.41) is 8.85. The first-order valence-electron chi connectivity index (χ1n) is 5.58. The fourth-order valence-electron chi connectivity index (χ4n) is 1.95. The third kappa shape index (κ3) is 2.63. The van der Waals surface area contributed by atoms with Crippen molar-refractivity contribution in [2.45, 2.75) is 13.0 Å². The number of nitrogens with zero attached hydrogens (tertiary/aromatic N) is 2. The molecule has 4 nitrogen and oxygen atoms in total. The highest BCUT2D eigenvalue weighted by Gasteiger charge is 2.23. The molecule has 1 aromatic carbocycles. The van der Waals surface area contributed by atoms with Crippen LogP contribution in [0.2, 0.25) is 0 Å². The molecule has 2 rings (SSSR count). The molecule has 1 saturated heterocycles. The average molecular weight is 230 g/mol. The molecule has 1 fully saturated rings. The number of morpholine rings is 1. The summed E-state index contributed by atoms with van der Waals surface area (Å²) in [4.78, 5) is 13.1. The first-order valence-corrected chi connectivity index (χ1v) is 5.58. The van der Waals surface area contributed by atoms with E-state index in [9.17, 15) is 4.79 Å². The van der Waals surface area contributed by atoms with E-state index in [0.29, 0.717) is 25.3 Å². The maximum Gasteiger partial charge on any atom is 0.219 e. The Morgan fingerprint density at radius 2 is 2.41 bits per heavy atom. The zero-order valence-corrected chi connectivity index (χ0v) is 9.72. The Balaban J connectivity index is 2.16. The van der Waals surface area contributed by atoms with Gasteiger partial charge >= 0.3 is 0 Å². The zero-order chi connectivity index (χ0) is 12.3. The molecule has 1 heterocycles. The Hall–Kier alpha value is -1.86. The van der Waals surface area contributed by atoms with E-state index in [1.165, 1.54) is 0 Å². The molecule has 88 valence electrons. The normalized spacial score (nSPS) is 19.8. The van der Waals surface area contributed by atoms with Gasteiger partial charge in [0, 0.05) is 13.5 Å². The molecule has 0 saturated carbocycles. The number of ether oxygens (including phenoxy) is 1. The van der Waals surface area contributed by atoms with Crippen molar-refractivity contribution in [1.82, 2.24) is 4.90 Å². The van der Waals surface area contributed by atoms with Crippen molar-refractivity contribution < 1.29 is 9.53 Å². The summed E-state index contributed by atoms with van der Waals surface area (Å²) in [5.41, 5.74) is 1.57. The molecular formula is C13H14N2O2. The molecule has 4 heteroatoms. The summed E-state index contributed by atoms with van der Waals surface area (Å²) in [6.07, 6.45) is -0.124. The maximum absolute atomic E-state index is 11.3. The van der Waals surface area contributed by atoms with Crippen LogP contribution in [0, 0.1) is 11.3 Å². The van der Waals surface area contributed by atoms with Gasteiger partial charge in [0.1, 0.15) is 6.10 Å². The average Bonchev–Trinajstić information content (AvgIpc) is 2.39. The highest BCUT2D eigenvalue weighted by molar-refractivity contribution is 5.73. The molecule has 0 spiro atoms. The van der Waals surface area contributed by atoms with Crippen LogP contribution in [0.25, 0.3) is 0 Å². The molecule has 1 atom stereocenters. The first-order chi connectivity index (χ1) is 8.20. The molecule has 1 aliphatic rings. The fourth-order valence-corrected chi connectivity index (χ4v) is 1.95. The quantitative estimate of drug-likeness (QED) is 0.734. The molecule has 1 amide bonds. The van der Waals surface area contributed by atoms with Crippen LogP contribution in [0.4, 0.5) is 0 Å². The van der Waals surface area contributed by atoms with Crippen molar-refractivity contribution in [2.75, 3.05) is 19.7 Å². The topological polar surface area (TPSA) is 53.3 Å². The maximum atomic E-state index is 11.3. The van der Waals surface area contributed by atoms with Crippen LogP contribution in [0.1, 0.15) is 24.2 Å². The smallest absolute Gasteiger partial charge is 0.219 e. The van der Waals surface area contributed by atoms with E-state index in [1.54, 1.807) is 17.9 Å². The Morgan fingerprint density at radius 1 is 1.59 bits per heavy atom. The highest BCUT2D eigenvalue weighted by atomic mass is 16.5. The number of carbonyl (C=O) groups is 1. The van der Waals surface area contributed by atoms with Crippen LogP contribution in [0.5, 0.6) is 0 Å². The Morgan fingerprint density at radius 3 is 3.12 bits per heavy atom. The second-order valence-corrected chi connectivity index (χ2v) is 4.06. The van der Waals surface area contributed by atoms with Gasteiger partial charge in [0.25, 0.3) is 0 Å². The Kier molecular flexibility index (Phi) is 3.40. The monoisotopic (exact) mass is 230 g/mol. The summed E-state index contributed by atoms with van der Waals surface area (Å²) in [7, 11) is 0. The lowest BCUT2D eigenvalue weighted by Crippen LogP contribution is -2.41. The van der Waals surface area contributed by atoms with E-state index in [4.69, 9.17) is 10.00 Å². The highest BCUT2D eigenvalue weighted by Crippen LogP contribution is 2.22. The molecule has 1 aliphatic heterocycles. The van der Waals surface area contributed by atoms with E-state index >= 15 is 0 Å². The molecule has 0 aliphatic carbocycles. The van der Waals surface area contributed by atoms with Gasteiger partial charge in [0.2, 0.25) is 5.91 Å². The van der Waals surface area contributed by atoms with Crippen LogP contribution >= 0.6 is 0 Å². The summed E-state index contributed by atoms with van der Waals surface area (Å²) < 4.78 is 5.64. The first kappa shape index (κ1) is 11.6. The molecule has 0 bridgehead atoms. The van der Waals surface area contributed by atoms with Gasteiger partial charge < -0.3 is 9.64 Å². The van der Waals surface area contributed by atoms with E-state index in [2.05, 4.69) is 6.07 Å². The SMILES string of the molecule is CC(=O)N1CCOC(c2cccc(C#N)c2)C1. The van der Waals surface area contributed by atoms with Crippen LogP contribution in [0.3, 0.4) is 0 Å². The lowest BCUT2D eigenvalue weighted by molar-refractivity contribution is -0.136. The lowest BCUT2D eigenvalue weighted by Gasteiger charge is -2.32. The Bertz CT molecular complexity index is 465. The van der Waals surface area contributed by atoms with Crippen molar-refractivity contribution in [3.05, 3.63) is 35.4 Å². The standard InChI is InChI=1S/C13H14N2O2/c1-10(16)15-5-6-17-13(9-15)12-4-2-3-11(7-12)8-14/h2-4,7,13H,5-6,9H2,1H3. The molecule has 1 unspecified atom stereocenters. The number of amides is 1. The molecule has 0 aromatic heterocycles. The van der Waals surface area contributed by atoms with Crippen molar-refractivity contribution >= 4 is 5.91 Å². The number of carbonyl (C=O) groups excluding carboxylic acids is 1. The van der Waals surface area contributed by atoms with Crippen LogP contribution < -0.4 is 0 Å². The van der Waals surface area contributed by atoms with Gasteiger partial charge in [-0.05, 0) is 17.7 Å². The lowest BCUT2D eigenvalue weighted by atomic mass is 10.1. The molecular weight excluding hydrogens is 216 g/mol. The van der Waals surface area contributed by atoms with Gasteiger partial charge in [-0.2, -0.15) is 5.26 Å².